The zero-order valence-corrected chi connectivity index (χ0v) is 10.4. The van der Waals surface area contributed by atoms with Crippen molar-refractivity contribution in [2.45, 2.75) is 4.30 Å². The molecule has 0 spiro atoms. The van der Waals surface area contributed by atoms with E-state index in [-0.39, 0.29) is 0 Å². The molecular formula is C8H7Cl3S2. The third-order valence-electron chi connectivity index (χ3n) is 0.667. The fraction of sp³-hybridized carbons (Fsp3) is 0.125. The van der Waals surface area contributed by atoms with Crippen molar-refractivity contribution in [3.8, 4) is 0 Å². The van der Waals surface area contributed by atoms with Crippen molar-refractivity contribution in [1.82, 2.24) is 0 Å². The molecule has 1 rings (SSSR count). The second-order valence-corrected chi connectivity index (χ2v) is 4.13. The Kier molecular flexibility index (Phi) is 18.0. The molecule has 13 heavy (non-hydrogen) atoms. The zero-order chi connectivity index (χ0) is 10.5. The smallest absolute Gasteiger partial charge is 0.0874 e. The van der Waals surface area contributed by atoms with Crippen molar-refractivity contribution >= 4 is 63.6 Å². The summed E-state index contributed by atoms with van der Waals surface area (Å²) >= 11 is 22.3. The molecule has 0 fully saturated rings. The number of alkyl halides is 3. The summed E-state index contributed by atoms with van der Waals surface area (Å²) in [5.41, 5.74) is 0. The Bertz CT molecular complexity index is 178. The lowest BCUT2D eigenvalue weighted by atomic mass is 10.4. The first kappa shape index (κ1) is 15.8. The van der Waals surface area contributed by atoms with Gasteiger partial charge in [0.15, 0.2) is 4.30 Å². The highest BCUT2D eigenvalue weighted by Gasteiger charge is 1.78. The summed E-state index contributed by atoms with van der Waals surface area (Å²) in [4.78, 5) is 0. The minimum Gasteiger partial charge on any atom is -0.0874 e. The highest BCUT2D eigenvalue weighted by Crippen LogP contribution is 2.03. The van der Waals surface area contributed by atoms with Crippen molar-refractivity contribution in [2.24, 2.45) is 0 Å². The molecule has 0 heterocycles. The molecule has 0 amide bonds. The minimum atomic E-state index is -0.750. The summed E-state index contributed by atoms with van der Waals surface area (Å²) in [6.45, 7) is 0. The lowest BCUT2D eigenvalue weighted by Crippen LogP contribution is -1.55. The molecule has 1 aromatic carbocycles. The molecule has 0 nitrogen and oxygen atoms in total. The number of halogens is 3. The predicted molar refractivity (Wildman–Crippen MR) is 68.0 cm³/mol. The Balaban J connectivity index is 0. The van der Waals surface area contributed by atoms with Gasteiger partial charge in [0.05, 0.1) is 0 Å². The van der Waals surface area contributed by atoms with Crippen molar-refractivity contribution < 1.29 is 0 Å². The van der Waals surface area contributed by atoms with Gasteiger partial charge >= 0.3 is 0 Å². The number of thiocarbonyl (C=S) groups is 2. The number of benzene rings is 1. The second kappa shape index (κ2) is 14.8. The average Bonchev–Trinajstić information content (AvgIpc) is 2.08. The van der Waals surface area contributed by atoms with E-state index < -0.39 is 4.30 Å². The highest BCUT2D eigenvalue weighted by molar-refractivity contribution is 7.93. The van der Waals surface area contributed by atoms with E-state index in [0.717, 1.165) is 0 Å². The van der Waals surface area contributed by atoms with Crippen LogP contribution in [0.1, 0.15) is 0 Å². The molecule has 0 N–H and O–H groups in total. The van der Waals surface area contributed by atoms with Gasteiger partial charge in [0.25, 0.3) is 0 Å². The van der Waals surface area contributed by atoms with Crippen LogP contribution in [0, 0.1) is 0 Å². The molecule has 0 atom stereocenters. The molecule has 0 bridgehead atoms. The van der Waals surface area contributed by atoms with Gasteiger partial charge in [-0.15, -0.1) is 0 Å². The standard InChI is InChI=1S/C6H6.CHCl3.CS2/c1-2-4-6-5-3-1;2-1(3)4;2-1-3/h1-6H;1H;. The highest BCUT2D eigenvalue weighted by atomic mass is 35.6. The Hall–Kier alpha value is 0.310. The predicted octanol–water partition coefficient (Wildman–Crippen LogP) is 4.69. The van der Waals surface area contributed by atoms with Gasteiger partial charge in [-0.25, -0.2) is 0 Å². The molecule has 0 radical (unpaired) electrons. The molecule has 0 saturated heterocycles. The van der Waals surface area contributed by atoms with E-state index in [2.05, 4.69) is 24.4 Å². The third kappa shape index (κ3) is 32.9. The maximum absolute atomic E-state index is 4.81. The normalized spacial score (nSPS) is 7.08. The first-order valence-electron chi connectivity index (χ1n) is 3.06. The van der Waals surface area contributed by atoms with Gasteiger partial charge in [0, 0.05) is 4.31 Å². The largest absolute Gasteiger partial charge is 0.180 e. The fourth-order valence-corrected chi connectivity index (χ4v) is 0.385. The van der Waals surface area contributed by atoms with E-state index >= 15 is 0 Å². The van der Waals surface area contributed by atoms with Gasteiger partial charge in [-0.1, -0.05) is 71.2 Å². The molecule has 0 aliphatic carbocycles. The Labute approximate surface area is 104 Å². The SMILES string of the molecule is ClC(Cl)Cl.S=C=S.c1ccccc1. The molecule has 72 valence electrons. The first-order chi connectivity index (χ1) is 6.15. The summed E-state index contributed by atoms with van der Waals surface area (Å²) in [7, 11) is 0. The Morgan fingerprint density at radius 1 is 0.769 bits per heavy atom. The van der Waals surface area contributed by atoms with Gasteiger partial charge in [0.2, 0.25) is 0 Å². The monoisotopic (exact) mass is 272 g/mol. The molecule has 5 heteroatoms. The maximum atomic E-state index is 4.81. The van der Waals surface area contributed by atoms with Crippen LogP contribution in [0.5, 0.6) is 0 Å². The number of hydrogen-bond donors (Lipinski definition) is 0. The van der Waals surface area contributed by atoms with Gasteiger partial charge in [-0.2, -0.15) is 0 Å². The van der Waals surface area contributed by atoms with E-state index in [4.69, 9.17) is 34.8 Å². The van der Waals surface area contributed by atoms with Crippen molar-refractivity contribution in [2.75, 3.05) is 0 Å². The fourth-order valence-electron chi connectivity index (χ4n) is 0.385. The topological polar surface area (TPSA) is 0 Å². The molecule has 0 aliphatic heterocycles. The van der Waals surface area contributed by atoms with Crippen LogP contribution in [0.2, 0.25) is 0 Å². The van der Waals surface area contributed by atoms with E-state index in [1.54, 1.807) is 0 Å². The van der Waals surface area contributed by atoms with Crippen LogP contribution < -0.4 is 0 Å². The van der Waals surface area contributed by atoms with Gasteiger partial charge in [-0.05, 0) is 24.4 Å². The van der Waals surface area contributed by atoms with Crippen LogP contribution in [0.25, 0.3) is 0 Å². The van der Waals surface area contributed by atoms with Crippen molar-refractivity contribution in [3.63, 3.8) is 0 Å². The molecular weight excluding hydrogens is 267 g/mol. The van der Waals surface area contributed by atoms with Crippen LogP contribution in [0.4, 0.5) is 0 Å². The van der Waals surface area contributed by atoms with Crippen molar-refractivity contribution in [1.29, 1.82) is 0 Å². The third-order valence-corrected chi connectivity index (χ3v) is 0.667. The molecule has 0 aromatic heterocycles. The zero-order valence-electron chi connectivity index (χ0n) is 6.49. The summed E-state index contributed by atoms with van der Waals surface area (Å²) < 4.78 is 1.17. The quantitative estimate of drug-likeness (QED) is 0.497. The average molecular weight is 274 g/mol. The van der Waals surface area contributed by atoms with Crippen LogP contribution in [0.15, 0.2) is 36.4 Å². The maximum Gasteiger partial charge on any atom is 0.180 e. The van der Waals surface area contributed by atoms with Gasteiger partial charge < -0.3 is 0 Å². The summed E-state index contributed by atoms with van der Waals surface area (Å²) in [5.74, 6) is 0. The molecule has 0 unspecified atom stereocenters. The first-order valence-corrected chi connectivity index (χ1v) is 5.19. The van der Waals surface area contributed by atoms with Crippen molar-refractivity contribution in [3.05, 3.63) is 36.4 Å². The number of rotatable bonds is 0. The lowest BCUT2D eigenvalue weighted by Gasteiger charge is -1.69. The second-order valence-electron chi connectivity index (χ2n) is 1.49. The lowest BCUT2D eigenvalue weighted by molar-refractivity contribution is 1.72. The van der Waals surface area contributed by atoms with Crippen LogP contribution >= 0.6 is 59.2 Å². The van der Waals surface area contributed by atoms with Gasteiger partial charge in [0.1, 0.15) is 0 Å². The Morgan fingerprint density at radius 2 is 0.846 bits per heavy atom. The van der Waals surface area contributed by atoms with Gasteiger partial charge in [-0.3, -0.25) is 0 Å². The van der Waals surface area contributed by atoms with Crippen LogP contribution in [0.3, 0.4) is 0 Å². The van der Waals surface area contributed by atoms with Crippen LogP contribution in [-0.4, -0.2) is 8.61 Å². The Morgan fingerprint density at radius 3 is 0.923 bits per heavy atom. The van der Waals surface area contributed by atoms with E-state index in [1.807, 2.05) is 40.7 Å². The van der Waals surface area contributed by atoms with E-state index in [0.29, 0.717) is 0 Å². The van der Waals surface area contributed by atoms with E-state index in [1.165, 1.54) is 0 Å². The van der Waals surface area contributed by atoms with E-state index in [9.17, 15) is 0 Å². The molecule has 0 saturated carbocycles. The number of hydrogen-bond acceptors (Lipinski definition) is 2. The summed E-state index contributed by atoms with van der Waals surface area (Å²) in [6, 6.07) is 12.0. The summed E-state index contributed by atoms with van der Waals surface area (Å²) in [6.07, 6.45) is 0. The van der Waals surface area contributed by atoms with Crippen LogP contribution in [-0.2, 0) is 0 Å². The summed E-state index contributed by atoms with van der Waals surface area (Å²) in [5, 5.41) is 0. The molecule has 0 aliphatic rings. The molecule has 1 aromatic rings. The minimum absolute atomic E-state index is 0.750.